The summed E-state index contributed by atoms with van der Waals surface area (Å²) in [5, 5.41) is 19.8. The molecule has 43 heavy (non-hydrogen) atoms. The zero-order valence-corrected chi connectivity index (χ0v) is 26.9. The molecule has 11 nitrogen and oxygen atoms in total. The zero-order chi connectivity index (χ0) is 31.6. The number of aryl methyl sites for hydroxylation is 1. The van der Waals surface area contributed by atoms with Crippen LogP contribution in [-0.4, -0.2) is 44.1 Å². The SMILES string of the molecule is CC(=O)Nc1ccc(NC2=NN(c3c(Cl)cc(Cl)cc3Cl)C(=O)/C2=N/c2cc(C)c(NCCS(N)(=O)=O)cc2Cl)c(Cl)c1. The van der Waals surface area contributed by atoms with E-state index in [9.17, 15) is 18.0 Å². The Bertz CT molecular complexity index is 1790. The normalized spacial score (nSPS) is 14.2. The maximum Gasteiger partial charge on any atom is 0.301 e. The molecule has 0 fully saturated rings. The molecule has 3 aromatic rings. The van der Waals surface area contributed by atoms with E-state index in [2.05, 4.69) is 26.0 Å². The van der Waals surface area contributed by atoms with Crippen molar-refractivity contribution < 1.29 is 18.0 Å². The van der Waals surface area contributed by atoms with Crippen LogP contribution in [0.4, 0.5) is 28.4 Å². The van der Waals surface area contributed by atoms with Gasteiger partial charge >= 0.3 is 5.91 Å². The minimum atomic E-state index is -3.66. The first-order valence-corrected chi connectivity index (χ1v) is 15.8. The minimum absolute atomic E-state index is 0.00895. The van der Waals surface area contributed by atoms with Gasteiger partial charge in [0.05, 0.1) is 37.2 Å². The Morgan fingerprint density at radius 2 is 1.65 bits per heavy atom. The molecule has 1 aliphatic rings. The van der Waals surface area contributed by atoms with E-state index >= 15 is 0 Å². The zero-order valence-electron chi connectivity index (χ0n) is 22.3. The number of hydrogen-bond acceptors (Lipinski definition) is 8. The van der Waals surface area contributed by atoms with E-state index in [1.165, 1.54) is 25.1 Å². The summed E-state index contributed by atoms with van der Waals surface area (Å²) in [4.78, 5) is 29.7. The number of carbonyl (C=O) groups is 2. The number of carbonyl (C=O) groups excluding carboxylic acids is 2. The van der Waals surface area contributed by atoms with Crippen LogP contribution in [-0.2, 0) is 19.6 Å². The molecule has 3 aromatic carbocycles. The van der Waals surface area contributed by atoms with E-state index in [1.54, 1.807) is 31.2 Å². The van der Waals surface area contributed by atoms with E-state index in [0.717, 1.165) is 5.01 Å². The second kappa shape index (κ2) is 13.3. The fraction of sp³-hybridized carbons (Fsp3) is 0.154. The number of nitrogens with two attached hydrogens (primary N) is 1. The lowest BCUT2D eigenvalue weighted by Gasteiger charge is -2.15. The number of primary sulfonamides is 1. The smallest absolute Gasteiger partial charge is 0.301 e. The Labute approximate surface area is 272 Å². The highest BCUT2D eigenvalue weighted by molar-refractivity contribution is 7.89. The first-order chi connectivity index (χ1) is 20.1. The number of amides is 2. The minimum Gasteiger partial charge on any atom is -0.384 e. The van der Waals surface area contributed by atoms with Crippen molar-refractivity contribution in [2.24, 2.45) is 15.2 Å². The van der Waals surface area contributed by atoms with Crippen LogP contribution >= 0.6 is 58.0 Å². The van der Waals surface area contributed by atoms with E-state index in [-0.39, 0.29) is 66.2 Å². The van der Waals surface area contributed by atoms with Crippen molar-refractivity contribution in [2.45, 2.75) is 13.8 Å². The molecule has 5 N–H and O–H groups in total. The second-order valence-corrected chi connectivity index (χ2v) is 13.0. The van der Waals surface area contributed by atoms with Gasteiger partial charge in [-0.25, -0.2) is 18.5 Å². The van der Waals surface area contributed by atoms with Gasteiger partial charge in [-0.1, -0.05) is 58.0 Å². The van der Waals surface area contributed by atoms with Gasteiger partial charge in [-0.05, 0) is 55.0 Å². The van der Waals surface area contributed by atoms with Gasteiger partial charge in [-0.3, -0.25) is 9.59 Å². The van der Waals surface area contributed by atoms with Gasteiger partial charge in [-0.15, -0.1) is 5.10 Å². The van der Waals surface area contributed by atoms with Crippen LogP contribution in [0.25, 0.3) is 0 Å². The topological polar surface area (TPSA) is 158 Å². The van der Waals surface area contributed by atoms with Gasteiger partial charge in [0.25, 0.3) is 0 Å². The predicted molar refractivity (Wildman–Crippen MR) is 176 cm³/mol. The summed E-state index contributed by atoms with van der Waals surface area (Å²) in [7, 11) is -3.66. The third-order valence-electron chi connectivity index (χ3n) is 5.78. The molecule has 0 atom stereocenters. The Morgan fingerprint density at radius 3 is 2.26 bits per heavy atom. The average Bonchev–Trinajstić information content (AvgIpc) is 3.16. The van der Waals surface area contributed by atoms with Crippen LogP contribution < -0.4 is 26.1 Å². The number of benzene rings is 3. The number of amidine groups is 1. The Hall–Kier alpha value is -3.10. The van der Waals surface area contributed by atoms with Gasteiger partial charge in [0.15, 0.2) is 11.5 Å². The highest BCUT2D eigenvalue weighted by atomic mass is 35.5. The average molecular weight is 706 g/mol. The van der Waals surface area contributed by atoms with Gasteiger partial charge < -0.3 is 16.0 Å². The van der Waals surface area contributed by atoms with E-state index in [1.807, 2.05) is 0 Å². The number of aliphatic imine (C=N–C) groups is 1. The van der Waals surface area contributed by atoms with Crippen LogP contribution in [0.1, 0.15) is 12.5 Å². The summed E-state index contributed by atoms with van der Waals surface area (Å²) in [6.07, 6.45) is 0. The number of hydrogen-bond donors (Lipinski definition) is 4. The third-order valence-corrected chi connectivity index (χ3v) is 7.97. The number of hydrazone groups is 1. The van der Waals surface area contributed by atoms with Crippen molar-refractivity contribution in [3.05, 3.63) is 73.1 Å². The quantitative estimate of drug-likeness (QED) is 0.211. The summed E-state index contributed by atoms with van der Waals surface area (Å²) in [6.45, 7) is 3.17. The Kier molecular flexibility index (Phi) is 10.1. The number of nitrogens with zero attached hydrogens (tertiary/aromatic N) is 3. The fourth-order valence-electron chi connectivity index (χ4n) is 3.88. The van der Waals surface area contributed by atoms with Crippen LogP contribution in [0, 0.1) is 6.92 Å². The van der Waals surface area contributed by atoms with Crippen LogP contribution in [0.5, 0.6) is 0 Å². The molecule has 0 bridgehead atoms. The molecule has 0 radical (unpaired) electrons. The monoisotopic (exact) mass is 703 g/mol. The van der Waals surface area contributed by atoms with Gasteiger partial charge in [0.2, 0.25) is 15.9 Å². The molecule has 0 saturated carbocycles. The predicted octanol–water partition coefficient (Wildman–Crippen LogP) is 6.47. The number of sulfonamides is 1. The summed E-state index contributed by atoms with van der Waals surface area (Å²) in [5.41, 5.74) is 2.16. The van der Waals surface area contributed by atoms with Crippen molar-refractivity contribution in [1.29, 1.82) is 0 Å². The molecular weight excluding hydrogens is 684 g/mol. The highest BCUT2D eigenvalue weighted by Gasteiger charge is 2.36. The lowest BCUT2D eigenvalue weighted by molar-refractivity contribution is -0.114. The van der Waals surface area contributed by atoms with E-state index < -0.39 is 15.9 Å². The van der Waals surface area contributed by atoms with Gasteiger partial charge in [0, 0.05) is 29.9 Å². The Balaban J connectivity index is 1.75. The molecule has 4 rings (SSSR count). The molecular formula is C26H22Cl5N7O4S. The number of anilines is 4. The first kappa shape index (κ1) is 32.8. The molecule has 0 spiro atoms. The van der Waals surface area contributed by atoms with E-state index in [0.29, 0.717) is 22.6 Å². The number of rotatable bonds is 8. The summed E-state index contributed by atoms with van der Waals surface area (Å²) >= 11 is 31.8. The molecule has 0 unspecified atom stereocenters. The highest BCUT2D eigenvalue weighted by Crippen LogP contribution is 2.39. The van der Waals surface area contributed by atoms with Crippen LogP contribution in [0.3, 0.4) is 0 Å². The molecule has 2 amide bonds. The van der Waals surface area contributed by atoms with Crippen LogP contribution in [0.15, 0.2) is 52.6 Å². The van der Waals surface area contributed by atoms with Gasteiger partial charge in [0.1, 0.15) is 5.69 Å². The first-order valence-electron chi connectivity index (χ1n) is 12.2. The molecule has 226 valence electrons. The number of nitrogens with one attached hydrogen (secondary N) is 3. The molecule has 17 heteroatoms. The number of halogens is 5. The lowest BCUT2D eigenvalue weighted by atomic mass is 10.1. The maximum atomic E-state index is 13.7. The van der Waals surface area contributed by atoms with Crippen LogP contribution in [0.2, 0.25) is 25.1 Å². The lowest BCUT2D eigenvalue weighted by Crippen LogP contribution is -2.30. The summed E-state index contributed by atoms with van der Waals surface area (Å²) in [6, 6.07) is 10.7. The molecule has 1 heterocycles. The summed E-state index contributed by atoms with van der Waals surface area (Å²) < 4.78 is 22.5. The maximum absolute atomic E-state index is 13.7. The van der Waals surface area contributed by atoms with Crippen molar-refractivity contribution >= 4 is 120 Å². The summed E-state index contributed by atoms with van der Waals surface area (Å²) in [5.74, 6) is -1.26. The van der Waals surface area contributed by atoms with E-state index in [4.69, 9.17) is 63.1 Å². The largest absolute Gasteiger partial charge is 0.384 e. The molecule has 0 aromatic heterocycles. The third kappa shape index (κ3) is 8.09. The van der Waals surface area contributed by atoms with Crippen molar-refractivity contribution in [2.75, 3.05) is 33.3 Å². The second-order valence-electron chi connectivity index (χ2n) is 9.16. The fourth-order valence-corrected chi connectivity index (χ4v) is 5.68. The van der Waals surface area contributed by atoms with Crippen molar-refractivity contribution in [3.8, 4) is 0 Å². The molecule has 0 aliphatic carbocycles. The van der Waals surface area contributed by atoms with Crippen molar-refractivity contribution in [1.82, 2.24) is 0 Å². The molecule has 1 aliphatic heterocycles. The standard InChI is InChI=1S/C26H22Cl5N7O4S/c1-12-7-22(17(29)11-21(12)33-5-6-43(32,41)42)35-23-25(36-20-4-3-15(10-16(20)28)34-13(2)39)37-38(26(23)40)24-18(30)8-14(27)9-19(24)31/h3-4,7-11,33H,5-6H2,1-2H3,(H,34,39)(H,36,37)(H2,32,41,42)/b35-23+. The van der Waals surface area contributed by atoms with Crippen molar-refractivity contribution in [3.63, 3.8) is 0 Å². The Morgan fingerprint density at radius 1 is 0.977 bits per heavy atom. The van der Waals surface area contributed by atoms with Gasteiger partial charge in [-0.2, -0.15) is 5.01 Å². The molecule has 0 saturated heterocycles.